The van der Waals surface area contributed by atoms with Gasteiger partial charge in [-0.15, -0.1) is 11.3 Å². The first kappa shape index (κ1) is 21.4. The second-order valence-corrected chi connectivity index (χ2v) is 9.36. The molecule has 0 aliphatic heterocycles. The third kappa shape index (κ3) is 4.30. The number of halogens is 1. The summed E-state index contributed by atoms with van der Waals surface area (Å²) in [7, 11) is 0. The summed E-state index contributed by atoms with van der Waals surface area (Å²) in [5.41, 5.74) is -0.00341. The van der Waals surface area contributed by atoms with Crippen molar-refractivity contribution >= 4 is 56.6 Å². The van der Waals surface area contributed by atoms with Gasteiger partial charge in [-0.25, -0.2) is 14.3 Å². The Balaban J connectivity index is 1.85. The molecule has 4 aromatic rings. The molecule has 0 radical (unpaired) electrons. The molecule has 10 heteroatoms. The number of nitrogens with zero attached hydrogens (tertiary/aromatic N) is 3. The Morgan fingerprint density at radius 1 is 1.13 bits per heavy atom. The molecule has 4 rings (SSSR count). The van der Waals surface area contributed by atoms with E-state index < -0.39 is 17.2 Å². The van der Waals surface area contributed by atoms with Gasteiger partial charge in [-0.3, -0.25) is 14.2 Å². The number of rotatable bonds is 6. The largest absolute Gasteiger partial charge is 0.337 e. The molecular formula is C21H17ClN4O3S2. The van der Waals surface area contributed by atoms with Crippen LogP contribution in [-0.2, 0) is 11.3 Å². The lowest BCUT2D eigenvalue weighted by atomic mass is 10.3. The van der Waals surface area contributed by atoms with Gasteiger partial charge in [0, 0.05) is 0 Å². The predicted octanol–water partition coefficient (Wildman–Crippen LogP) is 4.01. The third-order valence-electron chi connectivity index (χ3n) is 4.40. The molecule has 0 aliphatic rings. The lowest BCUT2D eigenvalue weighted by molar-refractivity contribution is -0.116. The summed E-state index contributed by atoms with van der Waals surface area (Å²) >= 11 is 8.81. The Bertz CT molecular complexity index is 1380. The van der Waals surface area contributed by atoms with Crippen LogP contribution in [0.25, 0.3) is 16.0 Å². The number of aromatic nitrogens is 3. The first-order valence-electron chi connectivity index (χ1n) is 9.38. The lowest BCUT2D eigenvalue weighted by Gasteiger charge is -2.12. The molecule has 0 saturated carbocycles. The molecule has 0 spiro atoms. The highest BCUT2D eigenvalue weighted by Gasteiger charge is 2.20. The molecule has 0 fully saturated rings. The summed E-state index contributed by atoms with van der Waals surface area (Å²) in [6, 6.07) is 15.5. The van der Waals surface area contributed by atoms with E-state index in [4.69, 9.17) is 11.6 Å². The van der Waals surface area contributed by atoms with Crippen LogP contribution in [-0.4, -0.2) is 25.8 Å². The quantitative estimate of drug-likeness (QED) is 0.428. The fourth-order valence-electron chi connectivity index (χ4n) is 3.04. The van der Waals surface area contributed by atoms with E-state index in [1.165, 1.54) is 27.7 Å². The van der Waals surface area contributed by atoms with E-state index in [1.807, 2.05) is 6.92 Å². The number of thioether (sulfide) groups is 1. The van der Waals surface area contributed by atoms with Gasteiger partial charge in [-0.2, -0.15) is 0 Å². The molecule has 0 bridgehead atoms. The van der Waals surface area contributed by atoms with Gasteiger partial charge < -0.3 is 5.32 Å². The smallest absolute Gasteiger partial charge is 0.323 e. The van der Waals surface area contributed by atoms with Crippen molar-refractivity contribution in [1.29, 1.82) is 0 Å². The number of para-hydroxylation sites is 2. The van der Waals surface area contributed by atoms with Gasteiger partial charge >= 0.3 is 5.69 Å². The topological polar surface area (TPSA) is 86.0 Å². The summed E-state index contributed by atoms with van der Waals surface area (Å²) in [5, 5.41) is 3.10. The maximum absolute atomic E-state index is 13.3. The fraction of sp³-hybridized carbons (Fsp3) is 0.143. The van der Waals surface area contributed by atoms with Crippen LogP contribution >= 0.6 is 34.7 Å². The van der Waals surface area contributed by atoms with Crippen molar-refractivity contribution in [2.24, 2.45) is 0 Å². The zero-order valence-corrected chi connectivity index (χ0v) is 18.8. The Morgan fingerprint density at radius 2 is 1.84 bits per heavy atom. The molecule has 0 aliphatic carbocycles. The zero-order valence-electron chi connectivity index (χ0n) is 16.4. The van der Waals surface area contributed by atoms with Gasteiger partial charge in [0.05, 0.1) is 16.4 Å². The lowest BCUT2D eigenvalue weighted by Crippen LogP contribution is -2.40. The minimum absolute atomic E-state index is 0.206. The number of benzene rings is 2. The van der Waals surface area contributed by atoms with Crippen LogP contribution in [0, 0.1) is 0 Å². The van der Waals surface area contributed by atoms with Crippen molar-refractivity contribution in [3.8, 4) is 5.69 Å². The molecule has 0 saturated heterocycles. The van der Waals surface area contributed by atoms with Crippen molar-refractivity contribution in [2.45, 2.75) is 17.8 Å². The van der Waals surface area contributed by atoms with E-state index in [-0.39, 0.29) is 12.2 Å². The average molecular weight is 473 g/mol. The van der Waals surface area contributed by atoms with Crippen LogP contribution in [0.4, 0.5) is 5.69 Å². The molecule has 0 atom stereocenters. The van der Waals surface area contributed by atoms with E-state index in [0.717, 1.165) is 10.3 Å². The van der Waals surface area contributed by atoms with Crippen LogP contribution < -0.4 is 16.6 Å². The number of fused-ring (bicyclic) bond motifs is 1. The number of hydrogen-bond acceptors (Lipinski definition) is 6. The normalized spacial score (nSPS) is 11.0. The third-order valence-corrected chi connectivity index (χ3v) is 6.78. The number of carbonyl (C=O) groups is 1. The van der Waals surface area contributed by atoms with Crippen molar-refractivity contribution in [3.63, 3.8) is 0 Å². The van der Waals surface area contributed by atoms with Gasteiger partial charge in [0.25, 0.3) is 5.56 Å². The monoisotopic (exact) mass is 472 g/mol. The Labute approximate surface area is 190 Å². The van der Waals surface area contributed by atoms with Gasteiger partial charge in [-0.1, -0.05) is 60.6 Å². The molecule has 2 aromatic carbocycles. The number of thiazole rings is 1. The molecule has 0 unspecified atom stereocenters. The molecule has 158 valence electrons. The van der Waals surface area contributed by atoms with Crippen LogP contribution in [0.1, 0.15) is 6.92 Å². The standard InChI is InChI=1S/C21H17ClN4O3S2/c1-2-30-20-24-18-17(31-20)19(28)26(13-8-4-3-5-9-13)21(29)25(18)12-16(27)23-15-11-7-6-10-14(15)22/h3-11H,2,12H2,1H3,(H,23,27). The molecule has 7 nitrogen and oxygen atoms in total. The van der Waals surface area contributed by atoms with Crippen molar-refractivity contribution in [1.82, 2.24) is 14.1 Å². The first-order valence-corrected chi connectivity index (χ1v) is 11.6. The average Bonchev–Trinajstić information content (AvgIpc) is 3.18. The van der Waals surface area contributed by atoms with E-state index in [9.17, 15) is 14.4 Å². The van der Waals surface area contributed by atoms with Gasteiger partial charge in [0.2, 0.25) is 5.91 Å². The maximum atomic E-state index is 13.3. The number of hydrogen-bond donors (Lipinski definition) is 1. The van der Waals surface area contributed by atoms with Crippen LogP contribution in [0.3, 0.4) is 0 Å². The molecule has 1 N–H and O–H groups in total. The molecule has 2 aromatic heterocycles. The minimum Gasteiger partial charge on any atom is -0.323 e. The van der Waals surface area contributed by atoms with Crippen molar-refractivity contribution < 1.29 is 4.79 Å². The molecular weight excluding hydrogens is 456 g/mol. The Kier molecular flexibility index (Phi) is 6.26. The van der Waals surface area contributed by atoms with E-state index in [0.29, 0.717) is 25.4 Å². The maximum Gasteiger partial charge on any atom is 0.337 e. The van der Waals surface area contributed by atoms with Crippen LogP contribution in [0.5, 0.6) is 0 Å². The van der Waals surface area contributed by atoms with Gasteiger partial charge in [-0.05, 0) is 30.0 Å². The number of carbonyl (C=O) groups excluding carboxylic acids is 1. The van der Waals surface area contributed by atoms with Gasteiger partial charge in [0.1, 0.15) is 11.2 Å². The van der Waals surface area contributed by atoms with Crippen LogP contribution in [0.15, 0.2) is 68.5 Å². The summed E-state index contributed by atoms with van der Waals surface area (Å²) in [6.07, 6.45) is 0. The second-order valence-electron chi connectivity index (χ2n) is 6.44. The van der Waals surface area contributed by atoms with E-state index in [1.54, 1.807) is 54.6 Å². The summed E-state index contributed by atoms with van der Waals surface area (Å²) in [6.45, 7) is 1.66. The number of nitrogens with one attached hydrogen (secondary N) is 1. The SMILES string of the molecule is CCSc1nc2c(s1)c(=O)n(-c1ccccc1)c(=O)n2CC(=O)Nc1ccccc1Cl. The highest BCUT2D eigenvalue weighted by molar-refractivity contribution is 8.01. The zero-order chi connectivity index (χ0) is 22.0. The minimum atomic E-state index is -0.628. The first-order chi connectivity index (χ1) is 15.0. The second kappa shape index (κ2) is 9.09. The Hall–Kier alpha value is -2.88. The number of anilines is 1. The summed E-state index contributed by atoms with van der Waals surface area (Å²) in [4.78, 5) is 43.6. The summed E-state index contributed by atoms with van der Waals surface area (Å²) in [5.74, 6) is 0.316. The van der Waals surface area contributed by atoms with Crippen molar-refractivity contribution in [3.05, 3.63) is 80.5 Å². The molecule has 1 amide bonds. The fourth-order valence-corrected chi connectivity index (χ4v) is 5.20. The van der Waals surface area contributed by atoms with Crippen molar-refractivity contribution in [2.75, 3.05) is 11.1 Å². The van der Waals surface area contributed by atoms with E-state index in [2.05, 4.69) is 10.3 Å². The van der Waals surface area contributed by atoms with Gasteiger partial charge in [0.15, 0.2) is 9.99 Å². The number of amides is 1. The highest BCUT2D eigenvalue weighted by Crippen LogP contribution is 2.27. The van der Waals surface area contributed by atoms with Crippen LogP contribution in [0.2, 0.25) is 5.02 Å². The predicted molar refractivity (Wildman–Crippen MR) is 126 cm³/mol. The highest BCUT2D eigenvalue weighted by atomic mass is 35.5. The molecule has 2 heterocycles. The molecule has 31 heavy (non-hydrogen) atoms. The van der Waals surface area contributed by atoms with E-state index >= 15 is 0 Å². The Morgan fingerprint density at radius 3 is 2.55 bits per heavy atom. The summed E-state index contributed by atoms with van der Waals surface area (Å²) < 4.78 is 3.29.